The Morgan fingerprint density at radius 2 is 1.70 bits per heavy atom. The first-order valence-corrected chi connectivity index (χ1v) is 15.9. The number of nitrogens with zero attached hydrogens (tertiary/aromatic N) is 3. The molecule has 2 amide bonds. The molecule has 3 heterocycles. The summed E-state index contributed by atoms with van der Waals surface area (Å²) in [4.78, 5) is 37.4. The Balaban J connectivity index is 1.15. The van der Waals surface area contributed by atoms with Crippen LogP contribution in [0.1, 0.15) is 36.9 Å². The van der Waals surface area contributed by atoms with Crippen LogP contribution in [0.15, 0.2) is 109 Å². The molecule has 8 heteroatoms. The number of rotatable bonds is 6. The first-order valence-electron chi connectivity index (χ1n) is 15.1. The second-order valence-corrected chi connectivity index (χ2v) is 12.5. The highest BCUT2D eigenvalue weighted by Gasteiger charge is 2.28. The van der Waals surface area contributed by atoms with E-state index in [2.05, 4.69) is 40.5 Å². The summed E-state index contributed by atoms with van der Waals surface area (Å²) in [6.45, 7) is 2.83. The van der Waals surface area contributed by atoms with Gasteiger partial charge in [-0.2, -0.15) is 0 Å². The average molecular weight is 627 g/mol. The Hall–Kier alpha value is -5.34. The maximum Gasteiger partial charge on any atom is 0.276 e. The van der Waals surface area contributed by atoms with Gasteiger partial charge in [-0.3, -0.25) is 9.59 Å². The number of anilines is 3. The molecule has 0 saturated heterocycles. The van der Waals surface area contributed by atoms with Gasteiger partial charge in [0, 0.05) is 30.6 Å². The Morgan fingerprint density at radius 1 is 0.935 bits per heavy atom. The third kappa shape index (κ3) is 5.52. The summed E-state index contributed by atoms with van der Waals surface area (Å²) in [5.41, 5.74) is 5.00. The average Bonchev–Trinajstić information content (AvgIpc) is 3.44. The molecule has 0 atom stereocenters. The fourth-order valence-electron chi connectivity index (χ4n) is 6.04. The molecule has 0 saturated carbocycles. The van der Waals surface area contributed by atoms with Gasteiger partial charge in [-0.25, -0.2) is 9.37 Å². The number of para-hydroxylation sites is 2. The summed E-state index contributed by atoms with van der Waals surface area (Å²) in [6.07, 6.45) is 0.554. The number of carbonyl (C=O) groups excluding carboxylic acids is 2. The molecule has 0 fully saturated rings. The number of aryl methyl sites for hydroxylation is 1. The largest absolute Gasteiger partial charge is 0.355 e. The summed E-state index contributed by atoms with van der Waals surface area (Å²) in [6, 6.07) is 34.5. The zero-order valence-electron chi connectivity index (χ0n) is 25.5. The molecule has 1 aliphatic heterocycles. The molecule has 1 N–H and O–H groups in total. The fourth-order valence-corrected chi connectivity index (χ4v) is 7.18. The SMILES string of the molecule is Cc1cccc(F)c1NC(=O)c1cc2c(s1)-c1ccccc1N(C(=O)c1cccc(N(C)Cc3cccc4ccccc34)n1)CC2. The van der Waals surface area contributed by atoms with Crippen LogP contribution in [-0.4, -0.2) is 30.4 Å². The van der Waals surface area contributed by atoms with Crippen molar-refractivity contribution in [3.05, 3.63) is 142 Å². The van der Waals surface area contributed by atoms with Crippen LogP contribution < -0.4 is 15.1 Å². The number of aromatic nitrogens is 1. The predicted octanol–water partition coefficient (Wildman–Crippen LogP) is 8.50. The number of hydrogen-bond acceptors (Lipinski definition) is 5. The quantitative estimate of drug-likeness (QED) is 0.201. The molecule has 7 rings (SSSR count). The molecule has 0 radical (unpaired) electrons. The van der Waals surface area contributed by atoms with Gasteiger partial charge in [0.05, 0.1) is 16.3 Å². The minimum absolute atomic E-state index is 0.184. The molecule has 0 aliphatic carbocycles. The minimum atomic E-state index is -0.469. The zero-order chi connectivity index (χ0) is 31.8. The Morgan fingerprint density at radius 3 is 2.57 bits per heavy atom. The summed E-state index contributed by atoms with van der Waals surface area (Å²) < 4.78 is 14.4. The smallest absolute Gasteiger partial charge is 0.276 e. The van der Waals surface area contributed by atoms with Gasteiger partial charge in [-0.05, 0) is 71.1 Å². The van der Waals surface area contributed by atoms with E-state index in [0.717, 1.165) is 21.7 Å². The lowest BCUT2D eigenvalue weighted by Crippen LogP contribution is -2.33. The van der Waals surface area contributed by atoms with Crippen LogP contribution in [0.5, 0.6) is 0 Å². The molecule has 6 aromatic rings. The molecular weight excluding hydrogens is 596 g/mol. The Bertz CT molecular complexity index is 2100. The van der Waals surface area contributed by atoms with Gasteiger partial charge in [0.25, 0.3) is 11.8 Å². The topological polar surface area (TPSA) is 65.5 Å². The van der Waals surface area contributed by atoms with E-state index in [1.165, 1.54) is 33.7 Å². The second-order valence-electron chi connectivity index (χ2n) is 11.5. The molecular formula is C38H31FN4O2S. The van der Waals surface area contributed by atoms with Gasteiger partial charge in [0.2, 0.25) is 0 Å². The maximum absolute atomic E-state index is 14.4. The third-order valence-electron chi connectivity index (χ3n) is 8.41. The van der Waals surface area contributed by atoms with Crippen LogP contribution in [0.4, 0.5) is 21.6 Å². The second kappa shape index (κ2) is 12.2. The lowest BCUT2D eigenvalue weighted by molar-refractivity contribution is 0.0981. The van der Waals surface area contributed by atoms with Crippen molar-refractivity contribution in [2.24, 2.45) is 0 Å². The van der Waals surface area contributed by atoms with Crippen molar-refractivity contribution in [3.8, 4) is 10.4 Å². The molecule has 228 valence electrons. The van der Waals surface area contributed by atoms with Gasteiger partial charge in [-0.15, -0.1) is 11.3 Å². The Labute approximate surface area is 270 Å². The van der Waals surface area contributed by atoms with Crippen LogP contribution in [0, 0.1) is 12.7 Å². The number of halogens is 1. The van der Waals surface area contributed by atoms with Crippen molar-refractivity contribution >= 4 is 51.1 Å². The molecule has 0 unspecified atom stereocenters. The number of fused-ring (bicyclic) bond motifs is 4. The minimum Gasteiger partial charge on any atom is -0.355 e. The van der Waals surface area contributed by atoms with E-state index in [0.29, 0.717) is 41.5 Å². The first-order chi connectivity index (χ1) is 22.4. The van der Waals surface area contributed by atoms with Gasteiger partial charge >= 0.3 is 0 Å². The first kappa shape index (κ1) is 29.4. The zero-order valence-corrected chi connectivity index (χ0v) is 26.3. The van der Waals surface area contributed by atoms with Crippen molar-refractivity contribution in [3.63, 3.8) is 0 Å². The van der Waals surface area contributed by atoms with Crippen LogP contribution >= 0.6 is 11.3 Å². The molecule has 46 heavy (non-hydrogen) atoms. The molecule has 6 nitrogen and oxygen atoms in total. The van der Waals surface area contributed by atoms with E-state index in [9.17, 15) is 14.0 Å². The van der Waals surface area contributed by atoms with Gasteiger partial charge < -0.3 is 15.1 Å². The number of amides is 2. The third-order valence-corrected chi connectivity index (χ3v) is 9.62. The van der Waals surface area contributed by atoms with E-state index in [1.807, 2.05) is 61.6 Å². The van der Waals surface area contributed by atoms with Crippen LogP contribution in [-0.2, 0) is 13.0 Å². The number of thiophene rings is 1. The van der Waals surface area contributed by atoms with E-state index in [4.69, 9.17) is 4.98 Å². The van der Waals surface area contributed by atoms with Crippen LogP contribution in [0.25, 0.3) is 21.2 Å². The van der Waals surface area contributed by atoms with E-state index in [-0.39, 0.29) is 17.5 Å². The van der Waals surface area contributed by atoms with Crippen molar-refractivity contribution < 1.29 is 14.0 Å². The highest BCUT2D eigenvalue weighted by molar-refractivity contribution is 7.17. The van der Waals surface area contributed by atoms with Crippen molar-refractivity contribution in [2.75, 3.05) is 28.7 Å². The van der Waals surface area contributed by atoms with Crippen LogP contribution in [0.3, 0.4) is 0 Å². The van der Waals surface area contributed by atoms with E-state index >= 15 is 0 Å². The summed E-state index contributed by atoms with van der Waals surface area (Å²) in [7, 11) is 1.98. The van der Waals surface area contributed by atoms with Crippen molar-refractivity contribution in [1.82, 2.24) is 4.98 Å². The Kier molecular flexibility index (Phi) is 7.80. The highest BCUT2D eigenvalue weighted by atomic mass is 32.1. The normalized spacial score (nSPS) is 12.3. The van der Waals surface area contributed by atoms with Crippen LogP contribution in [0.2, 0.25) is 0 Å². The van der Waals surface area contributed by atoms with Crippen molar-refractivity contribution in [1.29, 1.82) is 0 Å². The molecule has 2 aromatic heterocycles. The lowest BCUT2D eigenvalue weighted by atomic mass is 10.0. The number of hydrogen-bond donors (Lipinski definition) is 1. The summed E-state index contributed by atoms with van der Waals surface area (Å²) in [5.74, 6) is -0.300. The molecule has 4 aromatic carbocycles. The van der Waals surface area contributed by atoms with Gasteiger partial charge in [0.1, 0.15) is 17.3 Å². The van der Waals surface area contributed by atoms with E-state index in [1.54, 1.807) is 30.0 Å². The molecule has 1 aliphatic rings. The maximum atomic E-state index is 14.4. The monoisotopic (exact) mass is 626 g/mol. The van der Waals surface area contributed by atoms with Crippen molar-refractivity contribution in [2.45, 2.75) is 19.9 Å². The standard InChI is InChI=1S/C38H31FN4O2S/c1-24-10-7-16-30(39)35(24)41-37(44)33-22-26-20-21-43(32-18-6-5-15-29(32)36(26)46-33)38(45)31-17-9-19-34(40-31)42(2)23-27-13-8-12-25-11-3-4-14-28(25)27/h3-19,22H,20-21,23H2,1-2H3,(H,41,44). The number of nitrogens with one attached hydrogen (secondary N) is 1. The lowest BCUT2D eigenvalue weighted by Gasteiger charge is -2.24. The summed E-state index contributed by atoms with van der Waals surface area (Å²) in [5, 5.41) is 5.13. The predicted molar refractivity (Wildman–Crippen MR) is 185 cm³/mol. The fraction of sp³-hybridized carbons (Fsp3) is 0.132. The van der Waals surface area contributed by atoms with Gasteiger partial charge in [0.15, 0.2) is 0 Å². The molecule has 0 spiro atoms. The highest BCUT2D eigenvalue weighted by Crippen LogP contribution is 2.42. The number of carbonyl (C=O) groups is 2. The van der Waals surface area contributed by atoms with E-state index < -0.39 is 5.82 Å². The number of benzene rings is 4. The number of pyridine rings is 1. The summed E-state index contributed by atoms with van der Waals surface area (Å²) >= 11 is 1.35. The van der Waals surface area contributed by atoms with Gasteiger partial charge in [-0.1, -0.05) is 78.9 Å². The molecule has 0 bridgehead atoms.